The number of carbonyl (C=O) groups excluding carboxylic acids is 1. The smallest absolute Gasteiger partial charge is 0.266 e. The summed E-state index contributed by atoms with van der Waals surface area (Å²) in [6.45, 7) is 2.58. The van der Waals surface area contributed by atoms with Crippen molar-refractivity contribution in [2.24, 2.45) is 0 Å². The molecule has 0 unspecified atom stereocenters. The molecule has 1 amide bonds. The van der Waals surface area contributed by atoms with Gasteiger partial charge in [0, 0.05) is 31.4 Å². The fourth-order valence-electron chi connectivity index (χ4n) is 3.07. The molecule has 0 aliphatic heterocycles. The predicted molar refractivity (Wildman–Crippen MR) is 103 cm³/mol. The van der Waals surface area contributed by atoms with Crippen molar-refractivity contribution in [1.29, 1.82) is 0 Å². The molecule has 0 bridgehead atoms. The molecular formula is C21H21N3OS. The Morgan fingerprint density at radius 1 is 1.12 bits per heavy atom. The van der Waals surface area contributed by atoms with E-state index in [1.807, 2.05) is 42.2 Å². The van der Waals surface area contributed by atoms with Crippen molar-refractivity contribution in [3.63, 3.8) is 0 Å². The topological polar surface area (TPSA) is 46.1 Å². The summed E-state index contributed by atoms with van der Waals surface area (Å²) in [5.74, 6) is 0.110. The number of aromatic nitrogens is 2. The molecule has 1 fully saturated rings. The molecule has 2 aromatic heterocycles. The third kappa shape index (κ3) is 3.83. The average molecular weight is 363 g/mol. The number of hydrogen-bond donors (Lipinski definition) is 0. The van der Waals surface area contributed by atoms with Crippen molar-refractivity contribution in [3.8, 4) is 0 Å². The minimum atomic E-state index is 0.110. The molecule has 1 aliphatic rings. The van der Waals surface area contributed by atoms with Crippen molar-refractivity contribution in [2.75, 3.05) is 0 Å². The lowest BCUT2D eigenvalue weighted by Crippen LogP contribution is -2.32. The lowest BCUT2D eigenvalue weighted by molar-refractivity contribution is 0.0734. The number of rotatable bonds is 6. The third-order valence-electron chi connectivity index (χ3n) is 4.58. The molecule has 132 valence electrons. The van der Waals surface area contributed by atoms with E-state index in [9.17, 15) is 4.79 Å². The van der Waals surface area contributed by atoms with E-state index in [1.54, 1.807) is 12.4 Å². The number of hydrogen-bond acceptors (Lipinski definition) is 4. The van der Waals surface area contributed by atoms with Gasteiger partial charge in [0.05, 0.1) is 10.7 Å². The highest BCUT2D eigenvalue weighted by molar-refractivity contribution is 7.13. The second kappa shape index (κ2) is 7.38. The van der Waals surface area contributed by atoms with Gasteiger partial charge in [-0.25, -0.2) is 4.98 Å². The second-order valence-electron chi connectivity index (χ2n) is 6.70. The van der Waals surface area contributed by atoms with Crippen LogP contribution in [0.1, 0.15) is 44.3 Å². The highest BCUT2D eigenvalue weighted by Gasteiger charge is 2.34. The Bertz CT molecular complexity index is 888. The number of benzene rings is 1. The number of pyridine rings is 1. The molecule has 5 heteroatoms. The van der Waals surface area contributed by atoms with E-state index in [-0.39, 0.29) is 5.91 Å². The minimum Gasteiger partial charge on any atom is -0.331 e. The number of carbonyl (C=O) groups is 1. The Morgan fingerprint density at radius 3 is 2.54 bits per heavy atom. The van der Waals surface area contributed by atoms with Gasteiger partial charge in [-0.15, -0.1) is 11.3 Å². The van der Waals surface area contributed by atoms with Crippen molar-refractivity contribution in [2.45, 2.75) is 38.8 Å². The van der Waals surface area contributed by atoms with Crippen LogP contribution in [-0.4, -0.2) is 26.8 Å². The molecule has 0 N–H and O–H groups in total. The lowest BCUT2D eigenvalue weighted by Gasteiger charge is -2.22. The number of nitrogens with zero attached hydrogens (tertiary/aromatic N) is 3. The van der Waals surface area contributed by atoms with Crippen LogP contribution in [-0.2, 0) is 13.0 Å². The summed E-state index contributed by atoms with van der Waals surface area (Å²) in [6, 6.07) is 14.6. The van der Waals surface area contributed by atoms with Gasteiger partial charge in [-0.3, -0.25) is 9.78 Å². The van der Waals surface area contributed by atoms with Crippen LogP contribution < -0.4 is 0 Å². The van der Waals surface area contributed by atoms with Gasteiger partial charge in [0.1, 0.15) is 4.88 Å². The summed E-state index contributed by atoms with van der Waals surface area (Å²) in [5.41, 5.74) is 3.18. The Morgan fingerprint density at radius 2 is 1.85 bits per heavy atom. The summed E-state index contributed by atoms with van der Waals surface area (Å²) in [7, 11) is 0. The van der Waals surface area contributed by atoms with Crippen LogP contribution in [0, 0.1) is 6.92 Å². The van der Waals surface area contributed by atoms with E-state index in [0.29, 0.717) is 12.6 Å². The van der Waals surface area contributed by atoms with Crippen LogP contribution in [0.5, 0.6) is 0 Å². The molecule has 0 radical (unpaired) electrons. The maximum absolute atomic E-state index is 13.2. The summed E-state index contributed by atoms with van der Waals surface area (Å²) < 4.78 is 0. The van der Waals surface area contributed by atoms with Crippen LogP contribution in [0.2, 0.25) is 0 Å². The molecule has 26 heavy (non-hydrogen) atoms. The predicted octanol–water partition coefficient (Wildman–Crippen LogP) is 4.24. The van der Waals surface area contributed by atoms with Crippen LogP contribution in [0.25, 0.3) is 0 Å². The molecule has 4 nitrogen and oxygen atoms in total. The summed E-state index contributed by atoms with van der Waals surface area (Å²) in [5, 5.41) is 0.997. The quantitative estimate of drug-likeness (QED) is 0.658. The SMILES string of the molecule is Cc1nc(Cc2ccccc2)sc1C(=O)N(Cc1ccncc1)C1CC1. The first kappa shape index (κ1) is 16.9. The van der Waals surface area contributed by atoms with E-state index in [0.717, 1.165) is 40.4 Å². The Kier molecular flexibility index (Phi) is 4.80. The van der Waals surface area contributed by atoms with E-state index < -0.39 is 0 Å². The molecule has 0 saturated heterocycles. The number of thiazole rings is 1. The second-order valence-corrected chi connectivity index (χ2v) is 7.79. The highest BCUT2D eigenvalue weighted by atomic mass is 32.1. The monoisotopic (exact) mass is 363 g/mol. The normalized spacial score (nSPS) is 13.6. The van der Waals surface area contributed by atoms with Gasteiger partial charge in [-0.2, -0.15) is 0 Å². The van der Waals surface area contributed by atoms with E-state index in [1.165, 1.54) is 16.9 Å². The molecule has 0 atom stereocenters. The molecule has 2 heterocycles. The zero-order valence-electron chi connectivity index (χ0n) is 14.8. The summed E-state index contributed by atoms with van der Waals surface area (Å²) in [6.07, 6.45) is 6.51. The standard InChI is InChI=1S/C21H21N3OS/c1-15-20(26-19(23-15)13-16-5-3-2-4-6-16)21(25)24(18-7-8-18)14-17-9-11-22-12-10-17/h2-6,9-12,18H,7-8,13-14H2,1H3. The Hall–Kier alpha value is -2.53. The van der Waals surface area contributed by atoms with Gasteiger partial charge in [0.2, 0.25) is 0 Å². The average Bonchev–Trinajstić information content (AvgIpc) is 3.44. The largest absolute Gasteiger partial charge is 0.331 e. The molecule has 1 aliphatic carbocycles. The van der Waals surface area contributed by atoms with Gasteiger partial charge in [0.25, 0.3) is 5.91 Å². The van der Waals surface area contributed by atoms with E-state index >= 15 is 0 Å². The van der Waals surface area contributed by atoms with E-state index in [4.69, 9.17) is 0 Å². The van der Waals surface area contributed by atoms with Crippen LogP contribution in [0.15, 0.2) is 54.9 Å². The first-order valence-corrected chi connectivity index (χ1v) is 9.72. The fraction of sp³-hybridized carbons (Fsp3) is 0.286. The summed E-state index contributed by atoms with van der Waals surface area (Å²) >= 11 is 1.53. The molecule has 3 aromatic rings. The number of aryl methyl sites for hydroxylation is 1. The third-order valence-corrected chi connectivity index (χ3v) is 5.73. The van der Waals surface area contributed by atoms with E-state index in [2.05, 4.69) is 22.1 Å². The van der Waals surface area contributed by atoms with Crippen LogP contribution in [0.3, 0.4) is 0 Å². The van der Waals surface area contributed by atoms with Crippen LogP contribution >= 0.6 is 11.3 Å². The van der Waals surface area contributed by atoms with Crippen molar-refractivity contribution in [3.05, 3.63) is 81.6 Å². The molecule has 1 saturated carbocycles. The van der Waals surface area contributed by atoms with Crippen molar-refractivity contribution in [1.82, 2.24) is 14.9 Å². The van der Waals surface area contributed by atoms with Gasteiger partial charge in [-0.05, 0) is 43.0 Å². The Labute approximate surface area is 157 Å². The Balaban J connectivity index is 1.54. The molecule has 1 aromatic carbocycles. The maximum Gasteiger partial charge on any atom is 0.266 e. The highest BCUT2D eigenvalue weighted by Crippen LogP contribution is 2.32. The van der Waals surface area contributed by atoms with Crippen LogP contribution in [0.4, 0.5) is 0 Å². The van der Waals surface area contributed by atoms with Crippen molar-refractivity contribution < 1.29 is 4.79 Å². The fourth-order valence-corrected chi connectivity index (χ4v) is 4.12. The zero-order valence-corrected chi connectivity index (χ0v) is 15.6. The van der Waals surface area contributed by atoms with Gasteiger partial charge in [0.15, 0.2) is 0 Å². The van der Waals surface area contributed by atoms with Gasteiger partial charge < -0.3 is 4.90 Å². The van der Waals surface area contributed by atoms with Gasteiger partial charge >= 0.3 is 0 Å². The molecule has 4 rings (SSSR count). The van der Waals surface area contributed by atoms with Crippen molar-refractivity contribution >= 4 is 17.2 Å². The molecular weight excluding hydrogens is 342 g/mol. The first-order chi connectivity index (χ1) is 12.7. The summed E-state index contributed by atoms with van der Waals surface area (Å²) in [4.78, 5) is 24.7. The molecule has 0 spiro atoms. The first-order valence-electron chi connectivity index (χ1n) is 8.91. The van der Waals surface area contributed by atoms with Gasteiger partial charge in [-0.1, -0.05) is 30.3 Å². The maximum atomic E-state index is 13.2. The zero-order chi connectivity index (χ0) is 17.9. The number of amides is 1. The minimum absolute atomic E-state index is 0.110. The lowest BCUT2D eigenvalue weighted by atomic mass is 10.2.